The number of hydrogen-bond donors (Lipinski definition) is 2. The Kier molecular flexibility index (Phi) is 7.05. The Morgan fingerprint density at radius 3 is 2.24 bits per heavy atom. The minimum atomic E-state index is -1.29. The van der Waals surface area contributed by atoms with Gasteiger partial charge in [-0.05, 0) is 53.9 Å². The summed E-state index contributed by atoms with van der Waals surface area (Å²) < 4.78 is 29.8. The Labute approximate surface area is 239 Å². The third-order valence-corrected chi connectivity index (χ3v) is 9.87. The first-order chi connectivity index (χ1) is 18.9. The van der Waals surface area contributed by atoms with E-state index in [1.807, 2.05) is 6.92 Å². The highest BCUT2D eigenvalue weighted by atomic mass is 16.7. The quantitative estimate of drug-likeness (QED) is 0.306. The van der Waals surface area contributed by atoms with Crippen LogP contribution in [0.3, 0.4) is 0 Å². The lowest BCUT2D eigenvalue weighted by molar-refractivity contribution is -0.214. The molecule has 41 heavy (non-hydrogen) atoms. The minimum absolute atomic E-state index is 0.241. The SMILES string of the molecule is CCC(C)C(=O)O[C@@H]1C[C@H]2[C@H](OC(=O)CC(C)(C)O)OC=C3[C@H]4OC(=O)[C@]5(C)[C@@H](C[C@@]32[C@@H]15)[C@@H]4OC(=O)CC(C)(C)O. The van der Waals surface area contributed by atoms with Gasteiger partial charge in [0.25, 0.3) is 0 Å². The van der Waals surface area contributed by atoms with E-state index in [2.05, 4.69) is 0 Å². The van der Waals surface area contributed by atoms with Gasteiger partial charge in [0.15, 0.2) is 6.10 Å². The molecule has 2 N–H and O–H groups in total. The molecule has 0 amide bonds. The van der Waals surface area contributed by atoms with Gasteiger partial charge in [0.05, 0.1) is 41.6 Å². The molecule has 5 rings (SSSR count). The van der Waals surface area contributed by atoms with E-state index in [0.29, 0.717) is 24.8 Å². The number of carbonyl (C=O) groups is 4. The van der Waals surface area contributed by atoms with Crippen molar-refractivity contribution >= 4 is 23.9 Å². The van der Waals surface area contributed by atoms with Gasteiger partial charge in [0.2, 0.25) is 6.29 Å². The maximum Gasteiger partial charge on any atom is 0.313 e. The van der Waals surface area contributed by atoms with E-state index < -0.39 is 82.3 Å². The van der Waals surface area contributed by atoms with Crippen LogP contribution >= 0.6 is 0 Å². The van der Waals surface area contributed by atoms with E-state index in [-0.39, 0.29) is 24.7 Å². The van der Waals surface area contributed by atoms with Crippen LogP contribution in [0.1, 0.15) is 80.6 Å². The summed E-state index contributed by atoms with van der Waals surface area (Å²) >= 11 is 0. The second-order valence-electron chi connectivity index (χ2n) is 14.1. The van der Waals surface area contributed by atoms with Crippen LogP contribution in [0.15, 0.2) is 11.8 Å². The first kappa shape index (κ1) is 29.8. The van der Waals surface area contributed by atoms with E-state index in [0.717, 1.165) is 0 Å². The standard InChI is InChI=1S/C30H42O11/c1-8-14(2)24(33)38-18-9-15-25(40-20(32)12-28(5,6)36)37-13-17-22-21(39-19(31)11-27(3,4)35)16-10-30(15,17)23(18)29(16,7)26(34)41-22/h13-16,18,21-23,25,35-36H,8-12H2,1-7H3/t14?,15-,16-,18+,21-,22+,23-,25-,29+,30-/m0/s1. The Morgan fingerprint density at radius 1 is 1.05 bits per heavy atom. The third kappa shape index (κ3) is 4.73. The third-order valence-electron chi connectivity index (χ3n) is 9.87. The fourth-order valence-electron chi connectivity index (χ4n) is 8.08. The van der Waals surface area contributed by atoms with Crippen molar-refractivity contribution in [1.82, 2.24) is 0 Å². The normalized spacial score (nSPS) is 39.2. The van der Waals surface area contributed by atoms with Gasteiger partial charge >= 0.3 is 23.9 Å². The summed E-state index contributed by atoms with van der Waals surface area (Å²) in [6.07, 6.45) is -1.22. The average molecular weight is 579 g/mol. The number of ether oxygens (including phenoxy) is 5. The Hall–Kier alpha value is -2.66. The highest BCUT2D eigenvalue weighted by Gasteiger charge is 2.83. The van der Waals surface area contributed by atoms with E-state index >= 15 is 0 Å². The molecule has 0 aromatic heterocycles. The van der Waals surface area contributed by atoms with Crippen molar-refractivity contribution in [2.75, 3.05) is 0 Å². The molecule has 2 heterocycles. The molecule has 1 saturated heterocycles. The van der Waals surface area contributed by atoms with Gasteiger partial charge in [-0.2, -0.15) is 0 Å². The fourth-order valence-corrected chi connectivity index (χ4v) is 8.08. The molecule has 1 spiro atoms. The predicted octanol–water partition coefficient (Wildman–Crippen LogP) is 2.55. The molecule has 1 unspecified atom stereocenters. The van der Waals surface area contributed by atoms with Gasteiger partial charge in [-0.25, -0.2) is 0 Å². The Morgan fingerprint density at radius 2 is 1.66 bits per heavy atom. The average Bonchev–Trinajstić information content (AvgIpc) is 3.25. The highest BCUT2D eigenvalue weighted by molar-refractivity contribution is 5.83. The molecule has 11 heteroatoms. The van der Waals surface area contributed by atoms with Crippen LogP contribution in [0.25, 0.3) is 0 Å². The molecule has 0 aromatic rings. The second-order valence-corrected chi connectivity index (χ2v) is 14.1. The van der Waals surface area contributed by atoms with Crippen LogP contribution in [0.2, 0.25) is 0 Å². The molecular weight excluding hydrogens is 536 g/mol. The van der Waals surface area contributed by atoms with Gasteiger partial charge in [-0.15, -0.1) is 0 Å². The number of aliphatic hydroxyl groups is 2. The summed E-state index contributed by atoms with van der Waals surface area (Å²) in [5, 5.41) is 20.3. The van der Waals surface area contributed by atoms with Gasteiger partial charge < -0.3 is 33.9 Å². The summed E-state index contributed by atoms with van der Waals surface area (Å²) in [5.41, 5.74) is -3.88. The fraction of sp³-hybridized carbons (Fsp3) is 0.800. The van der Waals surface area contributed by atoms with Crippen molar-refractivity contribution in [3.05, 3.63) is 11.8 Å². The van der Waals surface area contributed by atoms with Gasteiger partial charge in [-0.3, -0.25) is 19.2 Å². The van der Waals surface area contributed by atoms with Crippen molar-refractivity contribution in [2.24, 2.45) is 34.5 Å². The lowest BCUT2D eigenvalue weighted by Gasteiger charge is -2.51. The maximum absolute atomic E-state index is 13.7. The van der Waals surface area contributed by atoms with Crippen LogP contribution < -0.4 is 0 Å². The van der Waals surface area contributed by atoms with Gasteiger partial charge in [-0.1, -0.05) is 13.8 Å². The molecule has 0 aromatic carbocycles. The number of hydrogen-bond acceptors (Lipinski definition) is 11. The summed E-state index contributed by atoms with van der Waals surface area (Å²) in [4.78, 5) is 52.4. The monoisotopic (exact) mass is 578 g/mol. The number of rotatable bonds is 9. The van der Waals surface area contributed by atoms with Crippen molar-refractivity contribution in [1.29, 1.82) is 0 Å². The van der Waals surface area contributed by atoms with E-state index in [9.17, 15) is 29.4 Å². The number of carbonyl (C=O) groups excluding carboxylic acids is 4. The molecule has 3 aliphatic carbocycles. The van der Waals surface area contributed by atoms with Gasteiger partial charge in [0, 0.05) is 28.7 Å². The molecule has 2 aliphatic heterocycles. The Bertz CT molecular complexity index is 1160. The smallest absolute Gasteiger partial charge is 0.313 e. The first-order valence-electron chi connectivity index (χ1n) is 14.5. The molecule has 3 saturated carbocycles. The van der Waals surface area contributed by atoms with Crippen molar-refractivity contribution in [3.63, 3.8) is 0 Å². The largest absolute Gasteiger partial charge is 0.462 e. The number of fused-ring (bicyclic) bond motifs is 3. The molecule has 4 fully saturated rings. The molecule has 228 valence electrons. The lowest BCUT2D eigenvalue weighted by Crippen LogP contribution is -2.59. The minimum Gasteiger partial charge on any atom is -0.462 e. The molecule has 3 bridgehead atoms. The molecule has 10 atom stereocenters. The molecule has 5 aliphatic rings. The van der Waals surface area contributed by atoms with Crippen molar-refractivity contribution in [3.8, 4) is 0 Å². The summed E-state index contributed by atoms with van der Waals surface area (Å²) in [5.74, 6) is -3.91. The van der Waals surface area contributed by atoms with Gasteiger partial charge in [0.1, 0.15) is 12.2 Å². The van der Waals surface area contributed by atoms with Crippen LogP contribution in [0.4, 0.5) is 0 Å². The summed E-state index contributed by atoms with van der Waals surface area (Å²) in [6.45, 7) is 11.5. The summed E-state index contributed by atoms with van der Waals surface area (Å²) in [6, 6.07) is 0. The first-order valence-corrected chi connectivity index (χ1v) is 14.5. The van der Waals surface area contributed by atoms with E-state index in [4.69, 9.17) is 23.7 Å². The maximum atomic E-state index is 13.7. The Balaban J connectivity index is 1.55. The number of esters is 4. The topological polar surface area (TPSA) is 155 Å². The van der Waals surface area contributed by atoms with Crippen LogP contribution in [0.5, 0.6) is 0 Å². The molecular formula is C30H42O11. The van der Waals surface area contributed by atoms with Crippen molar-refractivity contribution in [2.45, 2.75) is 116 Å². The predicted molar refractivity (Wildman–Crippen MR) is 140 cm³/mol. The van der Waals surface area contributed by atoms with Crippen LogP contribution in [-0.4, -0.2) is 69.9 Å². The summed E-state index contributed by atoms with van der Waals surface area (Å²) in [7, 11) is 0. The molecule has 0 radical (unpaired) electrons. The zero-order valence-corrected chi connectivity index (χ0v) is 24.8. The van der Waals surface area contributed by atoms with E-state index in [1.165, 1.54) is 34.0 Å². The molecule has 11 nitrogen and oxygen atoms in total. The highest BCUT2D eigenvalue weighted by Crippen LogP contribution is 2.77. The lowest BCUT2D eigenvalue weighted by atomic mass is 9.61. The second kappa shape index (κ2) is 9.69. The van der Waals surface area contributed by atoms with Crippen molar-refractivity contribution < 1.29 is 53.1 Å². The van der Waals surface area contributed by atoms with Crippen LogP contribution in [-0.2, 0) is 42.9 Å². The zero-order valence-electron chi connectivity index (χ0n) is 24.8. The van der Waals surface area contributed by atoms with Crippen LogP contribution in [0, 0.1) is 34.5 Å². The van der Waals surface area contributed by atoms with E-state index in [1.54, 1.807) is 13.8 Å². The zero-order chi connectivity index (χ0) is 30.3.